The van der Waals surface area contributed by atoms with Crippen LogP contribution in [0.15, 0.2) is 39.9 Å². The summed E-state index contributed by atoms with van der Waals surface area (Å²) in [7, 11) is 0. The van der Waals surface area contributed by atoms with Crippen molar-refractivity contribution in [3.05, 3.63) is 56.7 Å². The molecule has 110 valence electrons. The molecule has 1 aliphatic rings. The zero-order chi connectivity index (χ0) is 15.0. The van der Waals surface area contributed by atoms with Gasteiger partial charge in [0.25, 0.3) is 5.56 Å². The monoisotopic (exact) mass is 287 g/mol. The van der Waals surface area contributed by atoms with Crippen molar-refractivity contribution in [3.63, 3.8) is 0 Å². The van der Waals surface area contributed by atoms with Crippen LogP contribution in [-0.4, -0.2) is 22.3 Å². The van der Waals surface area contributed by atoms with E-state index in [0.29, 0.717) is 30.6 Å². The number of benzene rings is 1. The maximum Gasteiger partial charge on any atom is 0.334 e. The van der Waals surface area contributed by atoms with Gasteiger partial charge in [-0.1, -0.05) is 18.2 Å². The number of quaternary nitrogens is 1. The minimum Gasteiger partial charge on any atom is -0.324 e. The molecule has 0 aliphatic carbocycles. The van der Waals surface area contributed by atoms with Gasteiger partial charge in [0.1, 0.15) is 17.9 Å². The Morgan fingerprint density at radius 3 is 2.57 bits per heavy atom. The third-order valence-corrected chi connectivity index (χ3v) is 3.92. The maximum absolute atomic E-state index is 12.2. The Morgan fingerprint density at radius 1 is 1.19 bits per heavy atom. The normalized spacial score (nSPS) is 17.4. The van der Waals surface area contributed by atoms with E-state index >= 15 is 0 Å². The van der Waals surface area contributed by atoms with E-state index in [1.54, 1.807) is 0 Å². The van der Waals surface area contributed by atoms with Crippen LogP contribution in [-0.2, 0) is 6.54 Å². The van der Waals surface area contributed by atoms with Crippen molar-refractivity contribution in [2.24, 2.45) is 0 Å². The molecule has 1 aromatic heterocycles. The second kappa shape index (κ2) is 5.21. The molecule has 0 saturated carbocycles. The number of para-hydroxylation sites is 1. The minimum absolute atomic E-state index is 0.299. The number of nitrogens with zero attached hydrogens (tertiary/aromatic N) is 1. The average Bonchev–Trinajstić information content (AvgIpc) is 2.48. The van der Waals surface area contributed by atoms with Crippen LogP contribution >= 0.6 is 0 Å². The first-order valence-electron chi connectivity index (χ1n) is 7.10. The molecule has 0 saturated heterocycles. The fourth-order valence-electron chi connectivity index (χ4n) is 2.64. The predicted molar refractivity (Wildman–Crippen MR) is 81.0 cm³/mol. The van der Waals surface area contributed by atoms with Crippen molar-refractivity contribution in [2.45, 2.75) is 26.4 Å². The van der Waals surface area contributed by atoms with E-state index in [1.807, 2.05) is 30.3 Å². The van der Waals surface area contributed by atoms with Gasteiger partial charge in [-0.3, -0.25) is 9.78 Å². The Kier molecular flexibility index (Phi) is 3.39. The fourth-order valence-corrected chi connectivity index (χ4v) is 2.64. The molecule has 1 aromatic carbocycles. The second-order valence-electron chi connectivity index (χ2n) is 5.60. The molecule has 21 heavy (non-hydrogen) atoms. The van der Waals surface area contributed by atoms with Gasteiger partial charge in [-0.05, 0) is 26.0 Å². The summed E-state index contributed by atoms with van der Waals surface area (Å²) in [5.41, 5.74) is 0.668. The molecule has 2 heterocycles. The average molecular weight is 287 g/mol. The lowest BCUT2D eigenvalue weighted by molar-refractivity contribution is -0.933. The topological polar surface area (TPSA) is 71.3 Å². The second-order valence-corrected chi connectivity index (χ2v) is 5.60. The van der Waals surface area contributed by atoms with E-state index in [4.69, 9.17) is 0 Å². The summed E-state index contributed by atoms with van der Waals surface area (Å²) < 4.78 is 1.54. The van der Waals surface area contributed by atoms with Crippen molar-refractivity contribution in [2.75, 3.05) is 12.0 Å². The van der Waals surface area contributed by atoms with Crippen LogP contribution in [0.1, 0.15) is 19.4 Å². The summed E-state index contributed by atoms with van der Waals surface area (Å²) in [6, 6.07) is 9.74. The molecule has 2 aromatic rings. The van der Waals surface area contributed by atoms with Gasteiger partial charge in [0.2, 0.25) is 0 Å². The van der Waals surface area contributed by atoms with E-state index in [9.17, 15) is 9.59 Å². The highest BCUT2D eigenvalue weighted by Crippen LogP contribution is 2.15. The fraction of sp³-hybridized carbons (Fsp3) is 0.333. The van der Waals surface area contributed by atoms with Crippen molar-refractivity contribution < 1.29 is 4.90 Å². The predicted octanol–water partition coefficient (Wildman–Crippen LogP) is -0.298. The van der Waals surface area contributed by atoms with Gasteiger partial charge in [-0.25, -0.2) is 9.36 Å². The number of H-pyrrole nitrogens is 1. The number of nitrogens with one attached hydrogen (secondary N) is 3. The third-order valence-electron chi connectivity index (χ3n) is 3.92. The summed E-state index contributed by atoms with van der Waals surface area (Å²) in [6.07, 6.45) is 0. The van der Waals surface area contributed by atoms with Gasteiger partial charge < -0.3 is 10.2 Å². The lowest BCUT2D eigenvalue weighted by Crippen LogP contribution is -3.15. The molecular formula is C15H19N4O2+. The quantitative estimate of drug-likeness (QED) is 0.710. The first-order chi connectivity index (χ1) is 10.1. The molecule has 1 unspecified atom stereocenters. The van der Waals surface area contributed by atoms with Crippen molar-refractivity contribution in [1.82, 2.24) is 9.55 Å². The molecule has 0 amide bonds. The van der Waals surface area contributed by atoms with Gasteiger partial charge in [0.15, 0.2) is 6.67 Å². The molecular weight excluding hydrogens is 268 g/mol. The summed E-state index contributed by atoms with van der Waals surface area (Å²) in [5, 5.41) is 3.25. The zero-order valence-corrected chi connectivity index (χ0v) is 12.1. The number of aromatic amines is 1. The number of anilines is 1. The van der Waals surface area contributed by atoms with E-state index in [-0.39, 0.29) is 5.56 Å². The molecule has 0 bridgehead atoms. The van der Waals surface area contributed by atoms with Crippen molar-refractivity contribution >= 4 is 5.82 Å². The van der Waals surface area contributed by atoms with Crippen LogP contribution in [0.25, 0.3) is 5.69 Å². The number of fused-ring (bicyclic) bond motifs is 1. The number of hydrogen-bond donors (Lipinski definition) is 3. The Hall–Kier alpha value is -2.34. The SMILES string of the molecule is CC(C)[NH+]1CNc2c(c(=O)[nH]c(=O)n2-c2ccccc2)C1. The van der Waals surface area contributed by atoms with Gasteiger partial charge in [-0.15, -0.1) is 0 Å². The van der Waals surface area contributed by atoms with Crippen LogP contribution < -0.4 is 21.5 Å². The molecule has 1 atom stereocenters. The highest BCUT2D eigenvalue weighted by atomic mass is 16.2. The Bertz CT molecular complexity index is 761. The molecule has 0 radical (unpaired) electrons. The van der Waals surface area contributed by atoms with E-state index < -0.39 is 5.69 Å². The maximum atomic E-state index is 12.2. The first kappa shape index (κ1) is 13.6. The van der Waals surface area contributed by atoms with Crippen LogP contribution in [0.5, 0.6) is 0 Å². The third kappa shape index (κ3) is 2.38. The summed E-state index contributed by atoms with van der Waals surface area (Å²) in [5.74, 6) is 0.611. The largest absolute Gasteiger partial charge is 0.334 e. The standard InChI is InChI=1S/C15H18N4O2/c1-10(2)18-8-12-13(16-9-18)19(15(21)17-14(12)20)11-6-4-3-5-7-11/h3-7,10,16H,8-9H2,1-2H3,(H,17,20,21)/p+1. The van der Waals surface area contributed by atoms with Crippen LogP contribution in [0.2, 0.25) is 0 Å². The smallest absolute Gasteiger partial charge is 0.324 e. The lowest BCUT2D eigenvalue weighted by Gasteiger charge is -2.30. The zero-order valence-electron chi connectivity index (χ0n) is 12.1. The number of hydrogen-bond acceptors (Lipinski definition) is 3. The Morgan fingerprint density at radius 2 is 1.90 bits per heavy atom. The van der Waals surface area contributed by atoms with Crippen LogP contribution in [0.4, 0.5) is 5.82 Å². The van der Waals surface area contributed by atoms with E-state index in [0.717, 1.165) is 5.69 Å². The lowest BCUT2D eigenvalue weighted by atomic mass is 10.2. The summed E-state index contributed by atoms with van der Waals surface area (Å²) >= 11 is 0. The molecule has 3 N–H and O–H groups in total. The molecule has 6 nitrogen and oxygen atoms in total. The molecule has 6 heteroatoms. The highest BCUT2D eigenvalue weighted by molar-refractivity contribution is 5.50. The van der Waals surface area contributed by atoms with Crippen molar-refractivity contribution in [1.29, 1.82) is 0 Å². The van der Waals surface area contributed by atoms with Gasteiger partial charge in [-0.2, -0.15) is 0 Å². The van der Waals surface area contributed by atoms with E-state index in [1.165, 1.54) is 9.47 Å². The van der Waals surface area contributed by atoms with Crippen LogP contribution in [0.3, 0.4) is 0 Å². The number of aromatic nitrogens is 2. The summed E-state index contributed by atoms with van der Waals surface area (Å²) in [4.78, 5) is 28.0. The van der Waals surface area contributed by atoms with Gasteiger partial charge >= 0.3 is 5.69 Å². The summed E-state index contributed by atoms with van der Waals surface area (Å²) in [6.45, 7) is 5.54. The van der Waals surface area contributed by atoms with Crippen LogP contribution in [0, 0.1) is 0 Å². The van der Waals surface area contributed by atoms with Crippen molar-refractivity contribution in [3.8, 4) is 5.69 Å². The van der Waals surface area contributed by atoms with Gasteiger partial charge in [0, 0.05) is 0 Å². The Labute approximate surface area is 122 Å². The minimum atomic E-state index is -0.412. The highest BCUT2D eigenvalue weighted by Gasteiger charge is 2.27. The van der Waals surface area contributed by atoms with E-state index in [2.05, 4.69) is 24.1 Å². The number of rotatable bonds is 2. The Balaban J connectivity index is 2.19. The molecule has 0 spiro atoms. The molecule has 3 rings (SSSR count). The molecule has 1 aliphatic heterocycles. The van der Waals surface area contributed by atoms with Gasteiger partial charge in [0.05, 0.1) is 11.7 Å². The molecule has 0 fully saturated rings. The first-order valence-corrected chi connectivity index (χ1v) is 7.10.